The second-order valence-corrected chi connectivity index (χ2v) is 8.69. The second-order valence-electron chi connectivity index (χ2n) is 6.43. The Hall–Kier alpha value is -1.37. The van der Waals surface area contributed by atoms with Crippen molar-refractivity contribution in [2.45, 2.75) is 46.7 Å². The number of amides is 1. The number of rotatable bonds is 5. The summed E-state index contributed by atoms with van der Waals surface area (Å²) in [7, 11) is -3.11. The van der Waals surface area contributed by atoms with E-state index < -0.39 is 15.4 Å². The Balaban J connectivity index is 2.88. The van der Waals surface area contributed by atoms with Crippen molar-refractivity contribution in [1.29, 1.82) is 0 Å². The summed E-state index contributed by atoms with van der Waals surface area (Å²) in [5.74, 6) is -0.162. The van der Waals surface area contributed by atoms with Gasteiger partial charge in [0.25, 0.3) is 0 Å². The van der Waals surface area contributed by atoms with Crippen LogP contribution in [0.4, 0.5) is 0 Å². The molecule has 0 aliphatic heterocycles. The molecular formula is C14H25N3O3S. The number of hydrogen-bond donors (Lipinski definition) is 0. The molecule has 0 aliphatic carbocycles. The maximum Gasteiger partial charge on any atom is 0.244 e. The molecule has 0 saturated heterocycles. The zero-order valence-electron chi connectivity index (χ0n) is 13.7. The Bertz CT molecular complexity index is 612. The van der Waals surface area contributed by atoms with Crippen LogP contribution < -0.4 is 0 Å². The molecule has 120 valence electrons. The summed E-state index contributed by atoms with van der Waals surface area (Å²) >= 11 is 0. The van der Waals surface area contributed by atoms with E-state index in [0.29, 0.717) is 0 Å². The average molecular weight is 315 g/mol. The quantitative estimate of drug-likeness (QED) is 0.818. The fraction of sp³-hybridized carbons (Fsp3) is 0.714. The highest BCUT2D eigenvalue weighted by molar-refractivity contribution is 7.90. The summed E-state index contributed by atoms with van der Waals surface area (Å²) in [6.07, 6.45) is 1.18. The highest BCUT2D eigenvalue weighted by Crippen LogP contribution is 2.15. The lowest BCUT2D eigenvalue weighted by molar-refractivity contribution is -0.136. The zero-order valence-corrected chi connectivity index (χ0v) is 14.5. The van der Waals surface area contributed by atoms with E-state index in [4.69, 9.17) is 0 Å². The molecule has 0 aromatic carbocycles. The molecule has 1 heterocycles. The number of carbonyl (C=O) groups is 1. The van der Waals surface area contributed by atoms with Crippen LogP contribution in [0.2, 0.25) is 0 Å². The van der Waals surface area contributed by atoms with Gasteiger partial charge in [-0.3, -0.25) is 9.48 Å². The van der Waals surface area contributed by atoms with Gasteiger partial charge in [0.2, 0.25) is 5.91 Å². The van der Waals surface area contributed by atoms with E-state index in [9.17, 15) is 13.2 Å². The third-order valence-corrected chi connectivity index (χ3v) is 4.11. The Morgan fingerprint density at radius 1 is 1.33 bits per heavy atom. The minimum Gasteiger partial charge on any atom is -0.335 e. The van der Waals surface area contributed by atoms with E-state index in [0.717, 1.165) is 11.4 Å². The standard InChI is InChI=1S/C14H25N3O3S/c1-11-9-12(2)17(15-11)10-13(18)16(14(3,4)5)7-8-21(6,19)20/h9H,7-8,10H2,1-6H3. The molecule has 0 unspecified atom stereocenters. The van der Waals surface area contributed by atoms with Crippen LogP contribution in [0.15, 0.2) is 6.07 Å². The zero-order chi connectivity index (χ0) is 16.4. The number of aromatic nitrogens is 2. The highest BCUT2D eigenvalue weighted by Gasteiger charge is 2.27. The van der Waals surface area contributed by atoms with Crippen LogP contribution in [0.3, 0.4) is 0 Å². The largest absolute Gasteiger partial charge is 0.335 e. The summed E-state index contributed by atoms with van der Waals surface area (Å²) in [6.45, 7) is 9.78. The first kappa shape index (κ1) is 17.7. The predicted octanol–water partition coefficient (Wildman–Crippen LogP) is 1.17. The van der Waals surface area contributed by atoms with Crippen molar-refractivity contribution >= 4 is 15.7 Å². The summed E-state index contributed by atoms with van der Waals surface area (Å²) in [4.78, 5) is 14.1. The molecule has 0 N–H and O–H groups in total. The summed E-state index contributed by atoms with van der Waals surface area (Å²) < 4.78 is 24.3. The van der Waals surface area contributed by atoms with E-state index >= 15 is 0 Å². The van der Waals surface area contributed by atoms with Crippen LogP contribution in [-0.2, 0) is 21.2 Å². The normalized spacial score (nSPS) is 12.5. The van der Waals surface area contributed by atoms with Crippen molar-refractivity contribution in [1.82, 2.24) is 14.7 Å². The number of aryl methyl sites for hydroxylation is 2. The lowest BCUT2D eigenvalue weighted by atomic mass is 10.1. The van der Waals surface area contributed by atoms with Crippen molar-refractivity contribution < 1.29 is 13.2 Å². The van der Waals surface area contributed by atoms with E-state index in [1.165, 1.54) is 6.26 Å². The topological polar surface area (TPSA) is 72.3 Å². The smallest absolute Gasteiger partial charge is 0.244 e. The van der Waals surface area contributed by atoms with Crippen LogP contribution in [0.5, 0.6) is 0 Å². The minimum atomic E-state index is -3.11. The molecule has 21 heavy (non-hydrogen) atoms. The maximum absolute atomic E-state index is 12.5. The summed E-state index contributed by atoms with van der Waals surface area (Å²) in [6, 6.07) is 1.91. The van der Waals surface area contributed by atoms with Gasteiger partial charge in [0.1, 0.15) is 16.4 Å². The van der Waals surface area contributed by atoms with Gasteiger partial charge >= 0.3 is 0 Å². The number of carbonyl (C=O) groups excluding carboxylic acids is 1. The summed E-state index contributed by atoms with van der Waals surface area (Å²) in [5, 5.41) is 4.27. The van der Waals surface area contributed by atoms with Gasteiger partial charge in [-0.2, -0.15) is 5.10 Å². The van der Waals surface area contributed by atoms with Gasteiger partial charge in [-0.1, -0.05) is 0 Å². The summed E-state index contributed by atoms with van der Waals surface area (Å²) in [5.41, 5.74) is 1.34. The van der Waals surface area contributed by atoms with E-state index in [1.54, 1.807) is 9.58 Å². The van der Waals surface area contributed by atoms with Crippen molar-refractivity contribution in [3.05, 3.63) is 17.5 Å². The number of sulfone groups is 1. The molecule has 0 aliphatic rings. The molecule has 1 aromatic rings. The fourth-order valence-electron chi connectivity index (χ4n) is 2.14. The van der Waals surface area contributed by atoms with Gasteiger partial charge in [0.15, 0.2) is 0 Å². The first-order valence-electron chi connectivity index (χ1n) is 6.89. The van der Waals surface area contributed by atoms with E-state index in [2.05, 4.69) is 5.10 Å². The van der Waals surface area contributed by atoms with Gasteiger partial charge < -0.3 is 4.90 Å². The van der Waals surface area contributed by atoms with Gasteiger partial charge in [-0.15, -0.1) is 0 Å². The van der Waals surface area contributed by atoms with Crippen LogP contribution in [0.1, 0.15) is 32.2 Å². The molecule has 0 radical (unpaired) electrons. The third kappa shape index (κ3) is 5.49. The Kier molecular flexibility index (Phi) is 5.20. The van der Waals surface area contributed by atoms with Crippen molar-refractivity contribution in [3.8, 4) is 0 Å². The van der Waals surface area contributed by atoms with Crippen molar-refractivity contribution in [2.24, 2.45) is 0 Å². The molecule has 7 heteroatoms. The number of hydrogen-bond acceptors (Lipinski definition) is 4. The highest BCUT2D eigenvalue weighted by atomic mass is 32.2. The minimum absolute atomic E-state index is 0.0346. The van der Waals surface area contributed by atoms with Crippen LogP contribution in [0, 0.1) is 13.8 Å². The third-order valence-electron chi connectivity index (χ3n) is 3.18. The molecule has 1 amide bonds. The Labute approximate surface area is 127 Å². The Morgan fingerprint density at radius 2 is 1.90 bits per heavy atom. The molecular weight excluding hydrogens is 290 g/mol. The van der Waals surface area contributed by atoms with Crippen molar-refractivity contribution in [3.63, 3.8) is 0 Å². The first-order chi connectivity index (χ1) is 9.40. The average Bonchev–Trinajstić information content (AvgIpc) is 2.53. The fourth-order valence-corrected chi connectivity index (χ4v) is 2.65. The molecule has 0 atom stereocenters. The monoisotopic (exact) mass is 315 g/mol. The molecule has 0 bridgehead atoms. The van der Waals surface area contributed by atoms with E-state index in [1.807, 2.05) is 40.7 Å². The van der Waals surface area contributed by atoms with Crippen molar-refractivity contribution in [2.75, 3.05) is 18.6 Å². The molecule has 1 aromatic heterocycles. The van der Waals surface area contributed by atoms with Gasteiger partial charge in [0.05, 0.1) is 11.4 Å². The van der Waals surface area contributed by atoms with Gasteiger partial charge in [0, 0.05) is 24.0 Å². The number of nitrogens with zero attached hydrogens (tertiary/aromatic N) is 3. The SMILES string of the molecule is Cc1cc(C)n(CC(=O)N(CCS(C)(=O)=O)C(C)(C)C)n1. The van der Waals surface area contributed by atoms with Crippen LogP contribution in [-0.4, -0.2) is 53.1 Å². The molecule has 1 rings (SSSR count). The van der Waals surface area contributed by atoms with Gasteiger partial charge in [-0.25, -0.2) is 8.42 Å². The second kappa shape index (κ2) is 6.17. The van der Waals surface area contributed by atoms with Crippen LogP contribution in [0.25, 0.3) is 0 Å². The van der Waals surface area contributed by atoms with E-state index in [-0.39, 0.29) is 24.7 Å². The first-order valence-corrected chi connectivity index (χ1v) is 8.95. The molecule has 6 nitrogen and oxygen atoms in total. The van der Waals surface area contributed by atoms with Gasteiger partial charge in [-0.05, 0) is 40.7 Å². The molecule has 0 saturated carbocycles. The Morgan fingerprint density at radius 3 is 2.29 bits per heavy atom. The lowest BCUT2D eigenvalue weighted by Gasteiger charge is -2.35. The maximum atomic E-state index is 12.5. The van der Waals surface area contributed by atoms with Crippen LogP contribution >= 0.6 is 0 Å². The molecule has 0 spiro atoms. The lowest BCUT2D eigenvalue weighted by Crippen LogP contribution is -2.49. The molecule has 0 fully saturated rings. The predicted molar refractivity (Wildman–Crippen MR) is 82.9 cm³/mol.